The highest BCUT2D eigenvalue weighted by Crippen LogP contribution is 2.19. The van der Waals surface area contributed by atoms with Crippen LogP contribution >= 0.6 is 0 Å². The summed E-state index contributed by atoms with van der Waals surface area (Å²) in [5.74, 6) is 0.217. The summed E-state index contributed by atoms with van der Waals surface area (Å²) >= 11 is 0. The first-order valence-corrected chi connectivity index (χ1v) is 8.98. The third kappa shape index (κ3) is 5.02. The molecule has 0 aliphatic rings. The lowest BCUT2D eigenvalue weighted by atomic mass is 10.1. The molecule has 130 valence electrons. The largest absolute Gasteiger partial charge is 0.497 e. The molecule has 2 aromatic rings. The summed E-state index contributed by atoms with van der Waals surface area (Å²) in [5.41, 5.74) is 0.606. The summed E-state index contributed by atoms with van der Waals surface area (Å²) in [7, 11) is -2.08. The van der Waals surface area contributed by atoms with Gasteiger partial charge in [0.05, 0.1) is 18.1 Å². The zero-order chi connectivity index (χ0) is 17.6. The van der Waals surface area contributed by atoms with Crippen LogP contribution in [0.25, 0.3) is 0 Å². The molecule has 0 radical (unpaired) electrons. The molecule has 0 fully saturated rings. The number of nitrogens with one attached hydrogen (secondary N) is 1. The van der Waals surface area contributed by atoms with Crippen LogP contribution in [0.5, 0.6) is 5.75 Å². The predicted octanol–water partition coefficient (Wildman–Crippen LogP) is 2.63. The molecule has 2 N–H and O–H groups in total. The molecule has 0 saturated carbocycles. The topological polar surface area (TPSA) is 75.6 Å². The quantitative estimate of drug-likeness (QED) is 0.716. The van der Waals surface area contributed by atoms with E-state index < -0.39 is 16.1 Å². The van der Waals surface area contributed by atoms with Gasteiger partial charge in [0.1, 0.15) is 11.6 Å². The van der Waals surface area contributed by atoms with Crippen LogP contribution in [-0.4, -0.2) is 27.2 Å². The van der Waals surface area contributed by atoms with Crippen LogP contribution < -0.4 is 9.46 Å². The van der Waals surface area contributed by atoms with Crippen molar-refractivity contribution in [3.63, 3.8) is 0 Å². The monoisotopic (exact) mass is 353 g/mol. The molecular formula is C17H20FNO4S. The SMILES string of the molecule is COc1ccc(S(=O)(=O)NCCCC(O)c2ccc(F)cc2)cc1. The van der Waals surface area contributed by atoms with E-state index in [4.69, 9.17) is 4.74 Å². The van der Waals surface area contributed by atoms with Crippen LogP contribution in [0.2, 0.25) is 0 Å². The van der Waals surface area contributed by atoms with Crippen LogP contribution in [0.3, 0.4) is 0 Å². The number of methoxy groups -OCH3 is 1. The molecular weight excluding hydrogens is 333 g/mol. The Morgan fingerprint density at radius 2 is 1.75 bits per heavy atom. The zero-order valence-electron chi connectivity index (χ0n) is 13.3. The number of hydrogen-bond donors (Lipinski definition) is 2. The number of ether oxygens (including phenoxy) is 1. The summed E-state index contributed by atoms with van der Waals surface area (Å²) < 4.78 is 44.6. The van der Waals surface area contributed by atoms with E-state index in [0.29, 0.717) is 24.2 Å². The number of halogens is 1. The van der Waals surface area contributed by atoms with Gasteiger partial charge in [0.15, 0.2) is 0 Å². The van der Waals surface area contributed by atoms with E-state index in [-0.39, 0.29) is 17.3 Å². The number of rotatable bonds is 8. The van der Waals surface area contributed by atoms with Gasteiger partial charge in [-0.05, 0) is 54.8 Å². The summed E-state index contributed by atoms with van der Waals surface area (Å²) in [4.78, 5) is 0.155. The second-order valence-corrected chi connectivity index (χ2v) is 7.05. The third-order valence-corrected chi connectivity index (χ3v) is 5.05. The average Bonchev–Trinajstić information content (AvgIpc) is 2.59. The second-order valence-electron chi connectivity index (χ2n) is 5.28. The maximum Gasteiger partial charge on any atom is 0.240 e. The van der Waals surface area contributed by atoms with Crippen molar-refractivity contribution in [3.05, 3.63) is 59.9 Å². The fraction of sp³-hybridized carbons (Fsp3) is 0.294. The molecule has 2 aromatic carbocycles. The molecule has 1 unspecified atom stereocenters. The smallest absolute Gasteiger partial charge is 0.240 e. The number of aliphatic hydroxyl groups excluding tert-OH is 1. The van der Waals surface area contributed by atoms with Gasteiger partial charge in [0.25, 0.3) is 0 Å². The highest BCUT2D eigenvalue weighted by atomic mass is 32.2. The molecule has 0 saturated heterocycles. The van der Waals surface area contributed by atoms with Crippen LogP contribution in [0.1, 0.15) is 24.5 Å². The molecule has 2 rings (SSSR count). The van der Waals surface area contributed by atoms with Crippen molar-refractivity contribution < 1.29 is 22.7 Å². The van der Waals surface area contributed by atoms with E-state index in [2.05, 4.69) is 4.72 Å². The molecule has 0 spiro atoms. The number of benzene rings is 2. The highest BCUT2D eigenvalue weighted by molar-refractivity contribution is 7.89. The Balaban J connectivity index is 1.83. The fourth-order valence-electron chi connectivity index (χ4n) is 2.19. The zero-order valence-corrected chi connectivity index (χ0v) is 14.1. The minimum absolute atomic E-state index is 0.155. The standard InChI is InChI=1S/C17H20FNO4S/c1-23-15-8-10-16(11-9-15)24(21,22)19-12-2-3-17(20)13-4-6-14(18)7-5-13/h4-11,17,19-20H,2-3,12H2,1H3. The van der Waals surface area contributed by atoms with E-state index in [9.17, 15) is 17.9 Å². The minimum atomic E-state index is -3.59. The van der Waals surface area contributed by atoms with Gasteiger partial charge in [0.2, 0.25) is 10.0 Å². The number of aliphatic hydroxyl groups is 1. The Kier molecular flexibility index (Phi) is 6.30. The Hall–Kier alpha value is -1.96. The maximum atomic E-state index is 12.8. The Morgan fingerprint density at radius 3 is 2.33 bits per heavy atom. The molecule has 0 aliphatic heterocycles. The molecule has 7 heteroatoms. The molecule has 0 bridgehead atoms. The molecule has 0 aromatic heterocycles. The lowest BCUT2D eigenvalue weighted by Crippen LogP contribution is -2.25. The van der Waals surface area contributed by atoms with Gasteiger partial charge in [0, 0.05) is 6.54 Å². The fourth-order valence-corrected chi connectivity index (χ4v) is 3.27. The molecule has 5 nitrogen and oxygen atoms in total. The van der Waals surface area contributed by atoms with Gasteiger partial charge in [-0.15, -0.1) is 0 Å². The van der Waals surface area contributed by atoms with E-state index >= 15 is 0 Å². The van der Waals surface area contributed by atoms with Crippen molar-refractivity contribution >= 4 is 10.0 Å². The number of hydrogen-bond acceptors (Lipinski definition) is 4. The molecule has 0 aliphatic carbocycles. The van der Waals surface area contributed by atoms with Crippen LogP contribution in [-0.2, 0) is 10.0 Å². The van der Waals surface area contributed by atoms with Gasteiger partial charge >= 0.3 is 0 Å². The van der Waals surface area contributed by atoms with Gasteiger partial charge in [-0.25, -0.2) is 17.5 Å². The van der Waals surface area contributed by atoms with Gasteiger partial charge in [-0.3, -0.25) is 0 Å². The average molecular weight is 353 g/mol. The first-order valence-electron chi connectivity index (χ1n) is 7.49. The van der Waals surface area contributed by atoms with Crippen LogP contribution in [0.4, 0.5) is 4.39 Å². The summed E-state index contributed by atoms with van der Waals surface area (Å²) in [5, 5.41) is 10.0. The van der Waals surface area contributed by atoms with E-state index in [1.54, 1.807) is 12.1 Å². The maximum absolute atomic E-state index is 12.8. The van der Waals surface area contributed by atoms with Crippen molar-refractivity contribution in [2.75, 3.05) is 13.7 Å². The number of sulfonamides is 1. The first-order chi connectivity index (χ1) is 11.4. The van der Waals surface area contributed by atoms with Gasteiger partial charge < -0.3 is 9.84 Å². The minimum Gasteiger partial charge on any atom is -0.497 e. The van der Waals surface area contributed by atoms with E-state index in [1.807, 2.05) is 0 Å². The summed E-state index contributed by atoms with van der Waals surface area (Å²) in [6.45, 7) is 0.201. The molecule has 1 atom stereocenters. The van der Waals surface area contributed by atoms with Crippen molar-refractivity contribution in [1.82, 2.24) is 4.72 Å². The molecule has 0 heterocycles. The van der Waals surface area contributed by atoms with Crippen molar-refractivity contribution in [2.24, 2.45) is 0 Å². The van der Waals surface area contributed by atoms with Crippen LogP contribution in [0.15, 0.2) is 53.4 Å². The molecule has 24 heavy (non-hydrogen) atoms. The summed E-state index contributed by atoms with van der Waals surface area (Å²) in [6.07, 6.45) is 0.0705. The Morgan fingerprint density at radius 1 is 1.12 bits per heavy atom. The molecule has 0 amide bonds. The first kappa shape index (κ1) is 18.4. The Labute approximate surface area is 141 Å². The van der Waals surface area contributed by atoms with Crippen molar-refractivity contribution in [1.29, 1.82) is 0 Å². The lowest BCUT2D eigenvalue weighted by Gasteiger charge is -2.12. The highest BCUT2D eigenvalue weighted by Gasteiger charge is 2.14. The normalized spacial score (nSPS) is 12.8. The third-order valence-electron chi connectivity index (χ3n) is 3.57. The van der Waals surface area contributed by atoms with Gasteiger partial charge in [-0.2, -0.15) is 0 Å². The summed E-state index contributed by atoms with van der Waals surface area (Å²) in [6, 6.07) is 11.7. The van der Waals surface area contributed by atoms with Crippen molar-refractivity contribution in [2.45, 2.75) is 23.8 Å². The van der Waals surface area contributed by atoms with Crippen molar-refractivity contribution in [3.8, 4) is 5.75 Å². The van der Waals surface area contributed by atoms with E-state index in [0.717, 1.165) is 0 Å². The Bertz CT molecular complexity index is 745. The van der Waals surface area contributed by atoms with Gasteiger partial charge in [-0.1, -0.05) is 12.1 Å². The van der Waals surface area contributed by atoms with Crippen LogP contribution in [0, 0.1) is 5.82 Å². The van der Waals surface area contributed by atoms with E-state index in [1.165, 1.54) is 43.5 Å². The predicted molar refractivity (Wildman–Crippen MR) is 88.8 cm³/mol. The lowest BCUT2D eigenvalue weighted by molar-refractivity contribution is 0.165. The second kappa shape index (κ2) is 8.23.